The molecule has 1 aromatic heterocycles. The van der Waals surface area contributed by atoms with Crippen LogP contribution in [-0.4, -0.2) is 35.8 Å². The zero-order valence-electron chi connectivity index (χ0n) is 11.3. The molecule has 1 aromatic rings. The number of nitrogens with one attached hydrogen (secondary N) is 1. The highest BCUT2D eigenvalue weighted by molar-refractivity contribution is 5.38. The van der Waals surface area contributed by atoms with E-state index in [1.165, 1.54) is 0 Å². The SMILES string of the molecule is CCc1nc(N2CCCC(C)(OC)C2)cc(=O)[nH]1. The fourth-order valence-electron chi connectivity index (χ4n) is 2.39. The summed E-state index contributed by atoms with van der Waals surface area (Å²) in [4.78, 5) is 21.0. The van der Waals surface area contributed by atoms with Crippen LogP contribution in [0.3, 0.4) is 0 Å². The predicted octanol–water partition coefficient (Wildman–Crippen LogP) is 1.34. The second-order valence-electron chi connectivity index (χ2n) is 5.08. The van der Waals surface area contributed by atoms with Crippen LogP contribution >= 0.6 is 0 Å². The van der Waals surface area contributed by atoms with Gasteiger partial charge in [0.1, 0.15) is 11.6 Å². The maximum Gasteiger partial charge on any atom is 0.252 e. The molecule has 1 unspecified atom stereocenters. The van der Waals surface area contributed by atoms with Gasteiger partial charge >= 0.3 is 0 Å². The molecule has 0 saturated carbocycles. The summed E-state index contributed by atoms with van der Waals surface area (Å²) in [6.45, 7) is 5.80. The Morgan fingerprint density at radius 2 is 2.39 bits per heavy atom. The second-order valence-corrected chi connectivity index (χ2v) is 5.08. The van der Waals surface area contributed by atoms with E-state index in [0.717, 1.165) is 44.0 Å². The number of rotatable bonds is 3. The Morgan fingerprint density at radius 1 is 1.61 bits per heavy atom. The first-order valence-corrected chi connectivity index (χ1v) is 6.46. The summed E-state index contributed by atoms with van der Waals surface area (Å²) in [6.07, 6.45) is 2.84. The number of piperidine rings is 1. The van der Waals surface area contributed by atoms with Crippen LogP contribution < -0.4 is 10.5 Å². The Hall–Kier alpha value is -1.36. The number of hydrogen-bond donors (Lipinski definition) is 1. The summed E-state index contributed by atoms with van der Waals surface area (Å²) in [5.74, 6) is 1.50. The molecule has 1 fully saturated rings. The molecule has 1 N–H and O–H groups in total. The van der Waals surface area contributed by atoms with Crippen molar-refractivity contribution in [3.05, 3.63) is 22.2 Å². The highest BCUT2D eigenvalue weighted by Gasteiger charge is 2.31. The van der Waals surface area contributed by atoms with Gasteiger partial charge in [-0.2, -0.15) is 0 Å². The van der Waals surface area contributed by atoms with E-state index in [1.54, 1.807) is 13.2 Å². The van der Waals surface area contributed by atoms with E-state index >= 15 is 0 Å². The van der Waals surface area contributed by atoms with Gasteiger partial charge in [-0.05, 0) is 19.8 Å². The fourth-order valence-corrected chi connectivity index (χ4v) is 2.39. The maximum atomic E-state index is 11.6. The summed E-state index contributed by atoms with van der Waals surface area (Å²) in [7, 11) is 1.74. The molecular weight excluding hydrogens is 230 g/mol. The smallest absolute Gasteiger partial charge is 0.252 e. The molecule has 5 heteroatoms. The van der Waals surface area contributed by atoms with Crippen LogP contribution in [0.5, 0.6) is 0 Å². The molecule has 0 spiro atoms. The van der Waals surface area contributed by atoms with Gasteiger partial charge in [0.2, 0.25) is 0 Å². The molecule has 18 heavy (non-hydrogen) atoms. The Morgan fingerprint density at radius 3 is 3.06 bits per heavy atom. The average Bonchev–Trinajstić information content (AvgIpc) is 2.38. The molecule has 0 aromatic carbocycles. The third-order valence-electron chi connectivity index (χ3n) is 3.59. The van der Waals surface area contributed by atoms with Gasteiger partial charge in [0.25, 0.3) is 5.56 Å². The lowest BCUT2D eigenvalue weighted by atomic mass is 9.95. The Kier molecular flexibility index (Phi) is 3.71. The lowest BCUT2D eigenvalue weighted by molar-refractivity contribution is -0.00483. The summed E-state index contributed by atoms with van der Waals surface area (Å²) in [5, 5.41) is 0. The van der Waals surface area contributed by atoms with Crippen LogP contribution in [0.15, 0.2) is 10.9 Å². The van der Waals surface area contributed by atoms with Crippen molar-refractivity contribution in [1.29, 1.82) is 0 Å². The van der Waals surface area contributed by atoms with Crippen molar-refractivity contribution in [1.82, 2.24) is 9.97 Å². The number of aromatic amines is 1. The van der Waals surface area contributed by atoms with E-state index in [0.29, 0.717) is 0 Å². The maximum absolute atomic E-state index is 11.6. The van der Waals surface area contributed by atoms with E-state index in [1.807, 2.05) is 6.92 Å². The van der Waals surface area contributed by atoms with Crippen molar-refractivity contribution < 1.29 is 4.74 Å². The van der Waals surface area contributed by atoms with Gasteiger partial charge in [0.15, 0.2) is 0 Å². The zero-order valence-corrected chi connectivity index (χ0v) is 11.3. The van der Waals surface area contributed by atoms with Crippen LogP contribution in [0.25, 0.3) is 0 Å². The van der Waals surface area contributed by atoms with Crippen LogP contribution in [0, 0.1) is 0 Å². The summed E-state index contributed by atoms with van der Waals surface area (Å²) in [6, 6.07) is 1.57. The van der Waals surface area contributed by atoms with Gasteiger partial charge in [-0.15, -0.1) is 0 Å². The molecule has 2 heterocycles. The van der Waals surface area contributed by atoms with Crippen molar-refractivity contribution in [3.63, 3.8) is 0 Å². The van der Waals surface area contributed by atoms with Gasteiger partial charge in [-0.1, -0.05) is 6.92 Å². The number of hydrogen-bond acceptors (Lipinski definition) is 4. The van der Waals surface area contributed by atoms with E-state index in [-0.39, 0.29) is 11.2 Å². The third-order valence-corrected chi connectivity index (χ3v) is 3.59. The van der Waals surface area contributed by atoms with Gasteiger partial charge in [0.05, 0.1) is 5.60 Å². The topological polar surface area (TPSA) is 58.2 Å². The van der Waals surface area contributed by atoms with E-state index < -0.39 is 0 Å². The zero-order chi connectivity index (χ0) is 13.2. The Balaban J connectivity index is 2.25. The number of nitrogens with zero attached hydrogens (tertiary/aromatic N) is 2. The molecule has 0 aliphatic carbocycles. The van der Waals surface area contributed by atoms with Crippen molar-refractivity contribution in [3.8, 4) is 0 Å². The minimum Gasteiger partial charge on any atom is -0.377 e. The number of ether oxygens (including phenoxy) is 1. The Labute approximate surface area is 107 Å². The molecule has 1 saturated heterocycles. The average molecular weight is 251 g/mol. The van der Waals surface area contributed by atoms with Gasteiger partial charge in [0, 0.05) is 32.7 Å². The molecule has 2 rings (SSSR count). The van der Waals surface area contributed by atoms with Crippen LogP contribution in [0.1, 0.15) is 32.5 Å². The Bertz CT molecular complexity index is 472. The van der Waals surface area contributed by atoms with Gasteiger partial charge < -0.3 is 14.6 Å². The number of anilines is 1. The summed E-state index contributed by atoms with van der Waals surface area (Å²) >= 11 is 0. The first-order chi connectivity index (χ1) is 8.56. The van der Waals surface area contributed by atoms with Crippen LogP contribution in [0.4, 0.5) is 5.82 Å². The second kappa shape index (κ2) is 5.10. The van der Waals surface area contributed by atoms with Crippen LogP contribution in [-0.2, 0) is 11.2 Å². The number of H-pyrrole nitrogens is 1. The highest BCUT2D eigenvalue weighted by Crippen LogP contribution is 2.26. The molecule has 0 bridgehead atoms. The molecule has 1 aliphatic rings. The minimum absolute atomic E-state index is 0.0819. The molecule has 1 atom stereocenters. The van der Waals surface area contributed by atoms with E-state index in [4.69, 9.17) is 4.74 Å². The van der Waals surface area contributed by atoms with E-state index in [9.17, 15) is 4.79 Å². The standard InChI is InChI=1S/C13H21N3O2/c1-4-10-14-11(8-12(17)15-10)16-7-5-6-13(2,9-16)18-3/h8H,4-7,9H2,1-3H3,(H,14,15,17). The number of aromatic nitrogens is 2. The normalized spacial score (nSPS) is 24.3. The first-order valence-electron chi connectivity index (χ1n) is 6.46. The van der Waals surface area contributed by atoms with Crippen molar-refractivity contribution in [2.24, 2.45) is 0 Å². The highest BCUT2D eigenvalue weighted by atomic mass is 16.5. The molecule has 5 nitrogen and oxygen atoms in total. The van der Waals surface area contributed by atoms with Gasteiger partial charge in [-0.25, -0.2) is 4.98 Å². The first kappa shape index (κ1) is 13.1. The predicted molar refractivity (Wildman–Crippen MR) is 71.1 cm³/mol. The van der Waals surface area contributed by atoms with Gasteiger partial charge in [-0.3, -0.25) is 4.79 Å². The molecule has 0 radical (unpaired) electrons. The lowest BCUT2D eigenvalue weighted by Crippen LogP contribution is -2.48. The fraction of sp³-hybridized carbons (Fsp3) is 0.692. The minimum atomic E-state index is -0.144. The van der Waals surface area contributed by atoms with Crippen molar-refractivity contribution in [2.75, 3.05) is 25.1 Å². The number of methoxy groups -OCH3 is 1. The molecule has 100 valence electrons. The largest absolute Gasteiger partial charge is 0.377 e. The third kappa shape index (κ3) is 2.72. The summed E-state index contributed by atoms with van der Waals surface area (Å²) in [5.41, 5.74) is -0.226. The molecule has 1 aliphatic heterocycles. The van der Waals surface area contributed by atoms with Crippen molar-refractivity contribution >= 4 is 5.82 Å². The lowest BCUT2D eigenvalue weighted by Gasteiger charge is -2.40. The summed E-state index contributed by atoms with van der Waals surface area (Å²) < 4.78 is 5.56. The quantitative estimate of drug-likeness (QED) is 0.880. The molecule has 0 amide bonds. The monoisotopic (exact) mass is 251 g/mol. The number of aryl methyl sites for hydroxylation is 1. The van der Waals surface area contributed by atoms with E-state index in [2.05, 4.69) is 21.8 Å². The van der Waals surface area contributed by atoms with Crippen molar-refractivity contribution in [2.45, 2.75) is 38.7 Å². The molecular formula is C13H21N3O2. The van der Waals surface area contributed by atoms with Crippen LogP contribution in [0.2, 0.25) is 0 Å².